The maximum Gasteiger partial charge on any atom is 0.494 e. The van der Waals surface area contributed by atoms with Crippen LogP contribution in [0.4, 0.5) is 34.1 Å². The van der Waals surface area contributed by atoms with Crippen LogP contribution in [-0.2, 0) is 9.31 Å². The molecule has 21 rings (SSSR count). The van der Waals surface area contributed by atoms with E-state index in [0.717, 1.165) is 67.1 Å². The van der Waals surface area contributed by atoms with Crippen LogP contribution in [0.3, 0.4) is 0 Å². The van der Waals surface area contributed by atoms with E-state index in [1.54, 1.807) is 0 Å². The Hall–Kier alpha value is -14.6. The summed E-state index contributed by atoms with van der Waals surface area (Å²) in [6.45, 7) is 8.34. The Kier molecular flexibility index (Phi) is 21.6. The first-order valence-electron chi connectivity index (χ1n) is 41.7. The zero-order valence-corrected chi connectivity index (χ0v) is 69.2. The van der Waals surface area contributed by atoms with Crippen LogP contribution in [0.15, 0.2) is 461 Å². The summed E-state index contributed by atoms with van der Waals surface area (Å²) in [5.74, 6) is 0. The van der Waals surface area contributed by atoms with Gasteiger partial charge in [-0.15, -0.1) is 0 Å². The molecule has 1 saturated heterocycles. The third-order valence-corrected chi connectivity index (χ3v) is 24.0. The van der Waals surface area contributed by atoms with Crippen molar-refractivity contribution in [1.82, 2.24) is 9.13 Å². The first-order valence-corrected chi connectivity index (χ1v) is 42.1. The van der Waals surface area contributed by atoms with Crippen molar-refractivity contribution in [2.24, 2.45) is 0 Å². The predicted octanol–water partition coefficient (Wildman–Crippen LogP) is 30.8. The summed E-state index contributed by atoms with van der Waals surface area (Å²) in [6.07, 6.45) is 0. The van der Waals surface area contributed by atoms with Gasteiger partial charge in [0.15, 0.2) is 0 Å². The van der Waals surface area contributed by atoms with Crippen LogP contribution in [0.2, 0.25) is 5.02 Å². The van der Waals surface area contributed by atoms with E-state index in [4.69, 9.17) is 20.9 Å². The van der Waals surface area contributed by atoms with Crippen LogP contribution in [0.1, 0.15) is 27.7 Å². The van der Waals surface area contributed by atoms with Gasteiger partial charge < -0.3 is 28.2 Å². The number of rotatable bonds is 16. The van der Waals surface area contributed by atoms with Crippen molar-refractivity contribution in [2.45, 2.75) is 38.9 Å². The van der Waals surface area contributed by atoms with Crippen LogP contribution in [0, 0.1) is 0 Å². The van der Waals surface area contributed by atoms with Gasteiger partial charge in [0.2, 0.25) is 0 Å². The van der Waals surface area contributed by atoms with Crippen molar-refractivity contribution >= 4 is 102 Å². The molecule has 1 aliphatic heterocycles. The largest absolute Gasteiger partial charge is 0.494 e. The average Bonchev–Trinajstić information content (AvgIpc) is 1.60. The number of halogens is 1. The molecule has 0 unspecified atom stereocenters. The maximum absolute atomic E-state index is 6.29. The van der Waals surface area contributed by atoms with E-state index in [-0.39, 0.29) is 18.3 Å². The quantitative estimate of drug-likeness (QED) is 0.0903. The number of fused-ring (bicyclic) bond motifs is 6. The Balaban J connectivity index is 0.000000129. The predicted molar refractivity (Wildman–Crippen MR) is 516 cm³/mol. The number of anilines is 6. The summed E-state index contributed by atoms with van der Waals surface area (Å²) in [5, 5.41) is 5.84. The Morgan fingerprint density at radius 2 is 0.434 bits per heavy atom. The van der Waals surface area contributed by atoms with Gasteiger partial charge in [0.1, 0.15) is 0 Å². The molecule has 586 valence electrons. The Morgan fingerprint density at radius 1 is 0.213 bits per heavy atom. The second-order valence-electron chi connectivity index (χ2n) is 32.0. The summed E-state index contributed by atoms with van der Waals surface area (Å²) in [6, 6.07) is 164. The molecular formula is C114H88BClN4O2. The monoisotopic (exact) mass is 1590 g/mol. The lowest BCUT2D eigenvalue weighted by atomic mass is 9.79. The molecule has 0 N–H and O–H groups in total. The molecule has 20 aromatic rings. The van der Waals surface area contributed by atoms with Crippen LogP contribution in [0.5, 0.6) is 0 Å². The van der Waals surface area contributed by atoms with Crippen LogP contribution in [-0.4, -0.2) is 27.5 Å². The van der Waals surface area contributed by atoms with Crippen molar-refractivity contribution < 1.29 is 9.31 Å². The van der Waals surface area contributed by atoms with Gasteiger partial charge in [-0.1, -0.05) is 333 Å². The molecule has 0 bridgehead atoms. The highest BCUT2D eigenvalue weighted by Crippen LogP contribution is 2.44. The molecule has 1 aliphatic rings. The number of nitrogens with zero attached hydrogens (tertiary/aromatic N) is 4. The van der Waals surface area contributed by atoms with E-state index in [9.17, 15) is 0 Å². The fourth-order valence-electron chi connectivity index (χ4n) is 16.8. The minimum atomic E-state index is -0.386. The molecule has 2 aromatic heterocycles. The van der Waals surface area contributed by atoms with Crippen LogP contribution >= 0.6 is 11.6 Å². The number of aromatic nitrogens is 2. The molecule has 0 atom stereocenters. The van der Waals surface area contributed by atoms with Gasteiger partial charge in [-0.25, -0.2) is 0 Å². The number of para-hydroxylation sites is 4. The molecule has 1 fully saturated rings. The molecule has 18 aromatic carbocycles. The fourth-order valence-corrected chi connectivity index (χ4v) is 17.0. The Bertz CT molecular complexity index is 6750. The highest BCUT2D eigenvalue weighted by molar-refractivity contribution is 6.62. The van der Waals surface area contributed by atoms with E-state index < -0.39 is 0 Å². The van der Waals surface area contributed by atoms with Crippen molar-refractivity contribution in [1.29, 1.82) is 0 Å². The third-order valence-electron chi connectivity index (χ3n) is 23.8. The van der Waals surface area contributed by atoms with Crippen molar-refractivity contribution in [2.75, 3.05) is 9.80 Å². The van der Waals surface area contributed by atoms with Gasteiger partial charge >= 0.3 is 7.12 Å². The van der Waals surface area contributed by atoms with Crippen LogP contribution in [0.25, 0.3) is 133 Å². The SMILES string of the molecule is CC1(C)OB(c2ccc(N(c3ccc(-c4ccccc4)cc3)c3ccc(-c4ccccc4)cc3)cc2)OC1(C)C.Clc1cccc(-c2cccc(-n3c4ccccc4c4ccccc43)c2)c1.c1ccc(-c2ccc(N(c3ccc(-c4ccccc4)cc3)c3ccc(-c4cccc(-c5cccc(-n6c7ccccc7c7ccccc76)c5)c4)cc3)cc2)cc1. The molecule has 0 saturated carbocycles. The lowest BCUT2D eigenvalue weighted by molar-refractivity contribution is 0.00578. The fraction of sp³-hybridized carbons (Fsp3) is 0.0526. The molecule has 122 heavy (non-hydrogen) atoms. The normalized spacial score (nSPS) is 12.7. The van der Waals surface area contributed by atoms with E-state index in [0.29, 0.717) is 0 Å². The topological polar surface area (TPSA) is 34.8 Å². The smallest absolute Gasteiger partial charge is 0.399 e. The second-order valence-corrected chi connectivity index (χ2v) is 32.4. The van der Waals surface area contributed by atoms with Crippen molar-refractivity contribution in [3.63, 3.8) is 0 Å². The minimum absolute atomic E-state index is 0.372. The van der Waals surface area contributed by atoms with E-state index in [1.807, 2.05) is 30.3 Å². The maximum atomic E-state index is 6.29. The second kappa shape index (κ2) is 34.0. The molecule has 3 heterocycles. The molecule has 8 heteroatoms. The standard InChI is InChI=1S/C54H38N2.C36H34BNO2.C24H16ClN/c1-3-13-39(14-4-1)41-25-31-47(32-26-41)55(48-33-27-42(28-34-48)40-15-5-2-6-16-40)49-35-29-43(30-36-49)44-17-11-18-45(37-44)46-19-12-20-50(38-46)56-53-23-9-7-21-51(53)52-22-8-10-24-54(52)56;1-35(2)36(3,4)40-37(39-35)31-19-25-34(26-20-31)38(32-21-15-29(16-22-32)27-11-7-5-8-12-27)33-23-17-30(18-24-33)28-13-9-6-10-14-28;25-19-9-5-7-17(15-19)18-8-6-10-20(16-18)26-23-13-3-1-11-21(23)22-12-2-4-14-24(22)26/h1-38H;5-26H,1-4H3;1-16H. The van der Waals surface area contributed by atoms with E-state index in [2.05, 4.69) is 477 Å². The summed E-state index contributed by atoms with van der Waals surface area (Å²) in [7, 11) is -0.386. The first kappa shape index (κ1) is 77.4. The zero-order chi connectivity index (χ0) is 82.5. The van der Waals surface area contributed by atoms with Gasteiger partial charge in [-0.2, -0.15) is 0 Å². The van der Waals surface area contributed by atoms with Gasteiger partial charge in [0.25, 0.3) is 0 Å². The van der Waals surface area contributed by atoms with Crippen molar-refractivity contribution in [3.8, 4) is 89.3 Å². The Morgan fingerprint density at radius 3 is 0.738 bits per heavy atom. The lowest BCUT2D eigenvalue weighted by Gasteiger charge is -2.32. The molecule has 0 spiro atoms. The summed E-state index contributed by atoms with van der Waals surface area (Å²) in [5.41, 5.74) is 30.7. The highest BCUT2D eigenvalue weighted by Gasteiger charge is 2.51. The average molecular weight is 1590 g/mol. The number of benzene rings is 18. The Labute approximate surface area is 719 Å². The van der Waals surface area contributed by atoms with Crippen molar-refractivity contribution in [3.05, 3.63) is 466 Å². The highest BCUT2D eigenvalue weighted by atomic mass is 35.5. The molecule has 6 nitrogen and oxygen atoms in total. The molecular weight excluding hydrogens is 1500 g/mol. The number of hydrogen-bond donors (Lipinski definition) is 0. The van der Waals surface area contributed by atoms with Gasteiger partial charge in [0, 0.05) is 72.1 Å². The summed E-state index contributed by atoms with van der Waals surface area (Å²) < 4.78 is 17.3. The van der Waals surface area contributed by atoms with Gasteiger partial charge in [0.05, 0.1) is 33.3 Å². The lowest BCUT2D eigenvalue weighted by Crippen LogP contribution is -2.41. The first-order chi connectivity index (χ1) is 59.9. The minimum Gasteiger partial charge on any atom is -0.399 e. The number of hydrogen-bond acceptors (Lipinski definition) is 4. The van der Waals surface area contributed by atoms with Gasteiger partial charge in [-0.05, 0) is 251 Å². The summed E-state index contributed by atoms with van der Waals surface area (Å²) >= 11 is 6.19. The van der Waals surface area contributed by atoms with Crippen LogP contribution < -0.4 is 15.3 Å². The summed E-state index contributed by atoms with van der Waals surface area (Å²) in [4.78, 5) is 4.63. The van der Waals surface area contributed by atoms with E-state index >= 15 is 0 Å². The molecule has 0 radical (unpaired) electrons. The van der Waals surface area contributed by atoms with Gasteiger partial charge in [-0.3, -0.25) is 0 Å². The zero-order valence-electron chi connectivity index (χ0n) is 68.4. The third kappa shape index (κ3) is 16.0. The molecule has 0 amide bonds. The molecule has 0 aliphatic carbocycles. The van der Waals surface area contributed by atoms with E-state index in [1.165, 1.54) is 110 Å².